The molecule has 0 fully saturated rings. The maximum Gasteiger partial charge on any atom is 0.250 e. The van der Waals surface area contributed by atoms with E-state index in [-0.39, 0.29) is 24.9 Å². The average molecular weight is 535 g/mol. The fraction of sp³-hybridized carbons (Fsp3) is 0.379. The lowest BCUT2D eigenvalue weighted by atomic mass is 10.1. The monoisotopic (exact) mass is 534 g/mol. The molecule has 10 nitrogen and oxygen atoms in total. The molecule has 1 aromatic heterocycles. The van der Waals surface area contributed by atoms with E-state index in [2.05, 4.69) is 15.6 Å². The zero-order chi connectivity index (χ0) is 28.4. The van der Waals surface area contributed by atoms with Gasteiger partial charge in [0.05, 0.1) is 25.1 Å². The number of nitrogens with one attached hydrogen (secondary N) is 2. The van der Waals surface area contributed by atoms with Gasteiger partial charge in [0.25, 0.3) is 5.91 Å². The van der Waals surface area contributed by atoms with Crippen molar-refractivity contribution in [1.29, 1.82) is 0 Å². The smallest absolute Gasteiger partial charge is 0.250 e. The lowest BCUT2D eigenvalue weighted by molar-refractivity contribution is -0.133. The van der Waals surface area contributed by atoms with Crippen LogP contribution in [0.15, 0.2) is 73.2 Å². The molecule has 2 atom stereocenters. The highest BCUT2D eigenvalue weighted by Gasteiger charge is 2.30. The second-order valence-electron chi connectivity index (χ2n) is 9.77. The van der Waals surface area contributed by atoms with Crippen LogP contribution in [0.5, 0.6) is 0 Å². The van der Waals surface area contributed by atoms with Crippen molar-refractivity contribution in [2.75, 3.05) is 25.0 Å². The van der Waals surface area contributed by atoms with Crippen molar-refractivity contribution in [3.05, 3.63) is 84.3 Å². The standard InChI is InChI=1S/C29H38N6O4/c1-5-34(6-2)27(37)25(22-15-11-8-12-16-22)35-17-24(31-20-35)33-26(36)23(32-28(38)29(3,4)30)19-39-18-21-13-9-7-10-14-21/h7-17,20,23,25H,5-6,18-19,30H2,1-4H3,(H,32,38)(H,33,36)/t23-,25?/m1/s1. The van der Waals surface area contributed by atoms with Gasteiger partial charge in [0, 0.05) is 19.3 Å². The number of aromatic nitrogens is 2. The van der Waals surface area contributed by atoms with E-state index in [1.807, 2.05) is 74.5 Å². The van der Waals surface area contributed by atoms with E-state index in [0.29, 0.717) is 13.1 Å². The molecule has 0 bridgehead atoms. The van der Waals surface area contributed by atoms with Gasteiger partial charge in [0.2, 0.25) is 11.8 Å². The third kappa shape index (κ3) is 8.23. The molecule has 10 heteroatoms. The number of nitrogens with zero attached hydrogens (tertiary/aromatic N) is 3. The van der Waals surface area contributed by atoms with Gasteiger partial charge >= 0.3 is 0 Å². The minimum absolute atomic E-state index is 0.0731. The van der Waals surface area contributed by atoms with Crippen molar-refractivity contribution in [2.24, 2.45) is 5.73 Å². The number of nitrogens with two attached hydrogens (primary N) is 1. The zero-order valence-electron chi connectivity index (χ0n) is 23.0. The Bertz CT molecular complexity index is 1220. The summed E-state index contributed by atoms with van der Waals surface area (Å²) in [4.78, 5) is 45.3. The van der Waals surface area contributed by atoms with Gasteiger partial charge in [-0.2, -0.15) is 0 Å². The van der Waals surface area contributed by atoms with Crippen LogP contribution in [0.2, 0.25) is 0 Å². The highest BCUT2D eigenvalue weighted by atomic mass is 16.5. The third-order valence-corrected chi connectivity index (χ3v) is 6.18. The number of hydrogen-bond donors (Lipinski definition) is 3. The van der Waals surface area contributed by atoms with Crippen molar-refractivity contribution in [2.45, 2.75) is 51.9 Å². The molecule has 0 radical (unpaired) electrons. The van der Waals surface area contributed by atoms with Crippen LogP contribution in [0.25, 0.3) is 0 Å². The van der Waals surface area contributed by atoms with Crippen molar-refractivity contribution in [3.8, 4) is 0 Å². The Labute approximate surface area is 229 Å². The number of rotatable bonds is 13. The quantitative estimate of drug-likeness (QED) is 0.309. The predicted octanol–water partition coefficient (Wildman–Crippen LogP) is 2.72. The molecule has 0 aliphatic carbocycles. The minimum atomic E-state index is -1.19. The van der Waals surface area contributed by atoms with Crippen LogP contribution >= 0.6 is 0 Å². The van der Waals surface area contributed by atoms with E-state index in [1.54, 1.807) is 29.5 Å². The number of anilines is 1. The predicted molar refractivity (Wildman–Crippen MR) is 150 cm³/mol. The highest BCUT2D eigenvalue weighted by Crippen LogP contribution is 2.22. The molecule has 0 spiro atoms. The summed E-state index contributed by atoms with van der Waals surface area (Å²) in [5.41, 5.74) is 6.48. The highest BCUT2D eigenvalue weighted by molar-refractivity contribution is 5.98. The Morgan fingerprint density at radius 2 is 1.64 bits per heavy atom. The molecule has 0 saturated heterocycles. The molecule has 3 aromatic rings. The summed E-state index contributed by atoms with van der Waals surface area (Å²) in [5.74, 6) is -0.851. The van der Waals surface area contributed by atoms with E-state index >= 15 is 0 Å². The van der Waals surface area contributed by atoms with E-state index in [9.17, 15) is 14.4 Å². The number of amides is 3. The zero-order valence-corrected chi connectivity index (χ0v) is 23.0. The van der Waals surface area contributed by atoms with Gasteiger partial charge in [-0.3, -0.25) is 14.4 Å². The molecule has 0 saturated carbocycles. The van der Waals surface area contributed by atoms with Crippen molar-refractivity contribution in [1.82, 2.24) is 19.8 Å². The van der Waals surface area contributed by atoms with E-state index < -0.39 is 29.4 Å². The SMILES string of the molecule is CCN(CC)C(=O)C(c1ccccc1)n1cnc(NC(=O)[C@@H](COCc2ccccc2)NC(=O)C(C)(C)N)c1. The molecule has 2 aromatic carbocycles. The molecule has 3 amide bonds. The fourth-order valence-corrected chi connectivity index (χ4v) is 3.94. The number of imidazole rings is 1. The number of benzene rings is 2. The normalized spacial score (nSPS) is 12.8. The lowest BCUT2D eigenvalue weighted by Gasteiger charge is -2.26. The molecule has 0 aliphatic heterocycles. The second-order valence-corrected chi connectivity index (χ2v) is 9.77. The summed E-state index contributed by atoms with van der Waals surface area (Å²) < 4.78 is 7.42. The maximum atomic E-state index is 13.4. The first kappa shape index (κ1) is 29.5. The van der Waals surface area contributed by atoms with Gasteiger partial charge in [0.15, 0.2) is 5.82 Å². The molecule has 4 N–H and O–H groups in total. The summed E-state index contributed by atoms with van der Waals surface area (Å²) in [7, 11) is 0. The first-order valence-electron chi connectivity index (χ1n) is 13.0. The Hall–Kier alpha value is -4.02. The summed E-state index contributed by atoms with van der Waals surface area (Å²) in [6, 6.07) is 17.2. The van der Waals surface area contributed by atoms with Gasteiger partial charge in [-0.1, -0.05) is 60.7 Å². The second kappa shape index (κ2) is 13.7. The lowest BCUT2D eigenvalue weighted by Crippen LogP contribution is -2.56. The van der Waals surface area contributed by atoms with Gasteiger partial charge in [-0.15, -0.1) is 0 Å². The summed E-state index contributed by atoms with van der Waals surface area (Å²) in [5, 5.41) is 5.41. The van der Waals surface area contributed by atoms with Crippen molar-refractivity contribution >= 4 is 23.5 Å². The fourth-order valence-electron chi connectivity index (χ4n) is 3.94. The van der Waals surface area contributed by atoms with Crippen LogP contribution in [0.1, 0.15) is 44.9 Å². The van der Waals surface area contributed by atoms with Crippen molar-refractivity contribution in [3.63, 3.8) is 0 Å². The van der Waals surface area contributed by atoms with Crippen LogP contribution in [0.3, 0.4) is 0 Å². The van der Waals surface area contributed by atoms with Crippen LogP contribution in [-0.4, -0.2) is 63.4 Å². The largest absolute Gasteiger partial charge is 0.374 e. The Balaban J connectivity index is 1.78. The van der Waals surface area contributed by atoms with E-state index in [0.717, 1.165) is 11.1 Å². The Kier molecular flexibility index (Phi) is 10.4. The van der Waals surface area contributed by atoms with E-state index in [1.165, 1.54) is 6.33 Å². The topological polar surface area (TPSA) is 132 Å². The first-order valence-corrected chi connectivity index (χ1v) is 13.0. The number of ether oxygens (including phenoxy) is 1. The van der Waals surface area contributed by atoms with Crippen LogP contribution in [0, 0.1) is 0 Å². The van der Waals surface area contributed by atoms with Gasteiger partial charge < -0.3 is 30.6 Å². The van der Waals surface area contributed by atoms with Gasteiger partial charge in [-0.25, -0.2) is 4.98 Å². The Morgan fingerprint density at radius 3 is 2.23 bits per heavy atom. The molecule has 0 aliphatic rings. The van der Waals surface area contributed by atoms with Crippen LogP contribution in [-0.2, 0) is 25.7 Å². The number of hydrogen-bond acceptors (Lipinski definition) is 6. The first-order chi connectivity index (χ1) is 18.6. The third-order valence-electron chi connectivity index (χ3n) is 6.18. The minimum Gasteiger partial charge on any atom is -0.374 e. The molecule has 3 rings (SSSR count). The number of likely N-dealkylation sites (N-methyl/N-ethyl adjacent to an activating group) is 1. The Morgan fingerprint density at radius 1 is 1.03 bits per heavy atom. The van der Waals surface area contributed by atoms with Crippen LogP contribution in [0.4, 0.5) is 5.82 Å². The maximum absolute atomic E-state index is 13.4. The average Bonchev–Trinajstić information content (AvgIpc) is 3.37. The molecule has 1 heterocycles. The molecule has 39 heavy (non-hydrogen) atoms. The molecular weight excluding hydrogens is 496 g/mol. The molecule has 1 unspecified atom stereocenters. The molecule has 208 valence electrons. The van der Waals surface area contributed by atoms with Crippen LogP contribution < -0.4 is 16.4 Å². The van der Waals surface area contributed by atoms with E-state index in [4.69, 9.17) is 10.5 Å². The number of carbonyl (C=O) groups excluding carboxylic acids is 3. The summed E-state index contributed by atoms with van der Waals surface area (Å²) >= 11 is 0. The molecular formula is C29H38N6O4. The number of carbonyl (C=O) groups is 3. The summed E-state index contributed by atoms with van der Waals surface area (Å²) in [6.45, 7) is 8.31. The van der Waals surface area contributed by atoms with Crippen molar-refractivity contribution < 1.29 is 19.1 Å². The summed E-state index contributed by atoms with van der Waals surface area (Å²) in [6.07, 6.45) is 3.12. The van der Waals surface area contributed by atoms with Gasteiger partial charge in [0.1, 0.15) is 12.1 Å². The van der Waals surface area contributed by atoms with Gasteiger partial charge in [-0.05, 0) is 38.8 Å².